The van der Waals surface area contributed by atoms with Crippen molar-refractivity contribution in [3.63, 3.8) is 0 Å². The first-order valence-electron chi connectivity index (χ1n) is 17.1. The van der Waals surface area contributed by atoms with Crippen molar-refractivity contribution in [2.75, 3.05) is 7.11 Å². The largest absolute Gasteiger partial charge is 0.418 e. The Morgan fingerprint density at radius 2 is 0.580 bits per heavy atom. The van der Waals surface area contributed by atoms with Crippen LogP contribution in [0.4, 0.5) is 0 Å². The first-order chi connectivity index (χ1) is 24.7. The minimum atomic E-state index is -3.33. The maximum atomic E-state index is 8.11. The normalized spacial score (nSPS) is 12.2. The molecule has 244 valence electrons. The van der Waals surface area contributed by atoms with E-state index < -0.39 is 25.0 Å². The van der Waals surface area contributed by atoms with E-state index in [1.165, 1.54) is 25.9 Å². The monoisotopic (exact) mass is 696 g/mol. The Morgan fingerprint density at radius 1 is 0.320 bits per heavy atom. The topological polar surface area (TPSA) is 18.5 Å². The maximum absolute atomic E-state index is 8.11. The van der Waals surface area contributed by atoms with Gasteiger partial charge >= 0.3 is 8.56 Å². The SMILES string of the molecule is CO[Si](O[Si](C=C[Si](c1ccccc1)(c1ccccc1)c1ccccc1)(c1ccccc1)c1ccccc1)(c1ccccc1)c1ccccc1. The average Bonchev–Trinajstić information content (AvgIpc) is 3.22. The van der Waals surface area contributed by atoms with E-state index in [1.807, 2.05) is 7.11 Å². The van der Waals surface area contributed by atoms with Gasteiger partial charge in [-0.25, -0.2) is 0 Å². The van der Waals surface area contributed by atoms with Gasteiger partial charge in [-0.05, 0) is 36.3 Å². The van der Waals surface area contributed by atoms with Crippen molar-refractivity contribution in [3.8, 4) is 0 Å². The highest BCUT2D eigenvalue weighted by molar-refractivity contribution is 7.16. The van der Waals surface area contributed by atoms with Crippen LogP contribution in [0.25, 0.3) is 0 Å². The Balaban J connectivity index is 1.58. The molecule has 7 aromatic carbocycles. The summed E-state index contributed by atoms with van der Waals surface area (Å²) < 4.78 is 14.9. The highest BCUT2D eigenvalue weighted by Crippen LogP contribution is 2.21. The van der Waals surface area contributed by atoms with Crippen LogP contribution in [0.5, 0.6) is 0 Å². The molecule has 0 bridgehead atoms. The number of hydrogen-bond acceptors (Lipinski definition) is 2. The molecule has 0 fully saturated rings. The quantitative estimate of drug-likeness (QED) is 0.125. The second-order valence-electron chi connectivity index (χ2n) is 12.4. The molecule has 0 amide bonds. The van der Waals surface area contributed by atoms with Crippen LogP contribution in [0, 0.1) is 0 Å². The predicted octanol–water partition coefficient (Wildman–Crippen LogP) is 5.47. The molecule has 0 unspecified atom stereocenters. The van der Waals surface area contributed by atoms with Crippen LogP contribution in [0.15, 0.2) is 224 Å². The van der Waals surface area contributed by atoms with Gasteiger partial charge in [0.15, 0.2) is 8.07 Å². The van der Waals surface area contributed by atoms with E-state index in [4.69, 9.17) is 8.54 Å². The maximum Gasteiger partial charge on any atom is 0.397 e. The summed E-state index contributed by atoms with van der Waals surface area (Å²) in [5, 5.41) is 8.44. The van der Waals surface area contributed by atoms with Crippen LogP contribution in [-0.4, -0.2) is 32.1 Å². The van der Waals surface area contributed by atoms with Crippen molar-refractivity contribution in [2.45, 2.75) is 0 Å². The first kappa shape index (κ1) is 33.4. The summed E-state index contributed by atoms with van der Waals surface area (Å²) in [6.45, 7) is 0. The summed E-state index contributed by atoms with van der Waals surface area (Å²) in [6, 6.07) is 75.9. The van der Waals surface area contributed by atoms with Gasteiger partial charge in [0.2, 0.25) is 0 Å². The molecule has 7 rings (SSSR count). The van der Waals surface area contributed by atoms with Crippen LogP contribution >= 0.6 is 0 Å². The summed E-state index contributed by atoms with van der Waals surface area (Å²) in [5.74, 6) is 0. The average molecular weight is 697 g/mol. The fourth-order valence-electron chi connectivity index (χ4n) is 7.12. The predicted molar refractivity (Wildman–Crippen MR) is 217 cm³/mol. The first-order valence-corrected chi connectivity index (χ1v) is 22.9. The van der Waals surface area contributed by atoms with Crippen LogP contribution in [0.1, 0.15) is 0 Å². The summed E-state index contributed by atoms with van der Waals surface area (Å²) in [4.78, 5) is 0. The van der Waals surface area contributed by atoms with Gasteiger partial charge in [-0.3, -0.25) is 0 Å². The molecular weight excluding hydrogens is 657 g/mol. The van der Waals surface area contributed by atoms with Crippen LogP contribution in [0.3, 0.4) is 0 Å². The van der Waals surface area contributed by atoms with Crippen molar-refractivity contribution >= 4 is 61.3 Å². The van der Waals surface area contributed by atoms with E-state index in [0.29, 0.717) is 0 Å². The lowest BCUT2D eigenvalue weighted by atomic mass is 10.3. The minimum Gasteiger partial charge on any atom is -0.418 e. The zero-order valence-corrected chi connectivity index (χ0v) is 31.2. The molecule has 7 aromatic rings. The third-order valence-electron chi connectivity index (χ3n) is 9.56. The molecule has 0 heterocycles. The molecule has 0 aliphatic heterocycles. The standard InChI is InChI=1S/C45H40O2Si3/c1-46-50(44-33-19-7-20-34-44,45-35-21-8-22-36-45)47-49(42-29-15-5-16-30-42,43-31-17-6-18-32-43)38-37-48(39-23-9-2-10-24-39,40-25-11-3-12-26-40)41-27-13-4-14-28-41/h2-38H,1H3. The van der Waals surface area contributed by atoms with Crippen molar-refractivity contribution in [1.29, 1.82) is 0 Å². The molecule has 0 atom stereocenters. The molecule has 0 radical (unpaired) electrons. The zero-order chi connectivity index (χ0) is 34.1. The molecule has 0 spiro atoms. The van der Waals surface area contributed by atoms with Crippen molar-refractivity contribution in [3.05, 3.63) is 224 Å². The van der Waals surface area contributed by atoms with Crippen molar-refractivity contribution in [2.24, 2.45) is 0 Å². The van der Waals surface area contributed by atoms with Gasteiger partial charge in [0.25, 0.3) is 8.32 Å². The fourth-order valence-corrected chi connectivity index (χ4v) is 21.3. The molecule has 0 N–H and O–H groups in total. The molecule has 0 aliphatic rings. The summed E-state index contributed by atoms with van der Waals surface area (Å²) in [7, 11) is -7.59. The van der Waals surface area contributed by atoms with Gasteiger partial charge in [0, 0.05) is 7.11 Å². The fraction of sp³-hybridized carbons (Fsp3) is 0.0222. The minimum absolute atomic E-state index is 1.07. The van der Waals surface area contributed by atoms with Crippen LogP contribution in [-0.2, 0) is 8.54 Å². The molecule has 0 aromatic heterocycles. The lowest BCUT2D eigenvalue weighted by Gasteiger charge is -2.41. The highest BCUT2D eigenvalue weighted by atomic mass is 28.4. The summed E-state index contributed by atoms with van der Waals surface area (Å²) >= 11 is 0. The van der Waals surface area contributed by atoms with Gasteiger partial charge in [-0.2, -0.15) is 0 Å². The Morgan fingerprint density at radius 3 is 0.860 bits per heavy atom. The molecule has 2 nitrogen and oxygen atoms in total. The van der Waals surface area contributed by atoms with E-state index >= 15 is 0 Å². The molecule has 5 heteroatoms. The Kier molecular flexibility index (Phi) is 10.1. The third-order valence-corrected chi connectivity index (χ3v) is 22.5. The van der Waals surface area contributed by atoms with Crippen molar-refractivity contribution in [1.82, 2.24) is 0 Å². The van der Waals surface area contributed by atoms with Gasteiger partial charge in [0.1, 0.15) is 0 Å². The van der Waals surface area contributed by atoms with E-state index in [2.05, 4.69) is 224 Å². The second-order valence-corrected chi connectivity index (χ2v) is 22.6. The van der Waals surface area contributed by atoms with Crippen molar-refractivity contribution < 1.29 is 8.54 Å². The Hall–Kier alpha value is -5.15. The summed E-state index contributed by atoms with van der Waals surface area (Å²) in [5.41, 5.74) is 5.05. The molecule has 0 aliphatic carbocycles. The van der Waals surface area contributed by atoms with Crippen LogP contribution in [0.2, 0.25) is 0 Å². The zero-order valence-electron chi connectivity index (χ0n) is 28.2. The third kappa shape index (κ3) is 6.33. The van der Waals surface area contributed by atoms with Gasteiger partial charge in [-0.15, -0.1) is 0 Å². The highest BCUT2D eigenvalue weighted by Gasteiger charge is 2.52. The van der Waals surface area contributed by atoms with E-state index in [0.717, 1.165) is 10.4 Å². The molecular formula is C45H40O2Si3. The lowest BCUT2D eigenvalue weighted by molar-refractivity contribution is 0.331. The second kappa shape index (κ2) is 15.2. The number of hydrogen-bond donors (Lipinski definition) is 0. The van der Waals surface area contributed by atoms with Gasteiger partial charge in [0.05, 0.1) is 0 Å². The van der Waals surface area contributed by atoms with Gasteiger partial charge < -0.3 is 8.54 Å². The smallest absolute Gasteiger partial charge is 0.397 e. The summed E-state index contributed by atoms with van der Waals surface area (Å²) in [6.07, 6.45) is 0. The number of rotatable bonds is 12. The van der Waals surface area contributed by atoms with Crippen LogP contribution < -0.4 is 36.3 Å². The van der Waals surface area contributed by atoms with E-state index in [9.17, 15) is 0 Å². The molecule has 0 saturated carbocycles. The Labute approximate surface area is 299 Å². The lowest BCUT2D eigenvalue weighted by Crippen LogP contribution is -2.74. The van der Waals surface area contributed by atoms with E-state index in [1.54, 1.807) is 0 Å². The van der Waals surface area contributed by atoms with E-state index in [-0.39, 0.29) is 0 Å². The molecule has 50 heavy (non-hydrogen) atoms. The van der Waals surface area contributed by atoms with Gasteiger partial charge in [-0.1, -0.05) is 224 Å². The Bertz CT molecular complexity index is 1920. The number of benzene rings is 7. The molecule has 0 saturated heterocycles.